The van der Waals surface area contributed by atoms with Crippen molar-refractivity contribution in [3.05, 3.63) is 11.8 Å². The lowest BCUT2D eigenvalue weighted by Crippen LogP contribution is -2.11. The minimum absolute atomic E-state index is 0.0938. The molecular formula is C6H8O2S. The lowest BCUT2D eigenvalue weighted by molar-refractivity contribution is -0.115. The molecule has 0 spiro atoms. The second kappa shape index (κ2) is 2.92. The molecule has 0 aromatic carbocycles. The Labute approximate surface area is 57.9 Å². The lowest BCUT2D eigenvalue weighted by atomic mass is 10.2. The molecule has 1 heterocycles. The number of aliphatic hydroxyl groups excluding tert-OH is 1. The van der Waals surface area contributed by atoms with E-state index in [-0.39, 0.29) is 5.78 Å². The van der Waals surface area contributed by atoms with Crippen LogP contribution in [-0.2, 0) is 4.79 Å². The average molecular weight is 144 g/mol. The summed E-state index contributed by atoms with van der Waals surface area (Å²) in [6.45, 7) is 0. The molecule has 0 bridgehead atoms. The summed E-state index contributed by atoms with van der Waals surface area (Å²) in [6.07, 6.45) is 1.51. The van der Waals surface area contributed by atoms with E-state index in [1.807, 2.05) is 0 Å². The Morgan fingerprint density at radius 2 is 2.44 bits per heavy atom. The molecule has 0 aromatic heterocycles. The van der Waals surface area contributed by atoms with E-state index >= 15 is 0 Å². The van der Waals surface area contributed by atoms with Gasteiger partial charge in [-0.05, 0) is 0 Å². The first-order valence-electron chi connectivity index (χ1n) is 2.79. The molecule has 0 unspecified atom stereocenters. The molecule has 2 nitrogen and oxygen atoms in total. The van der Waals surface area contributed by atoms with Crippen LogP contribution in [0.15, 0.2) is 11.8 Å². The summed E-state index contributed by atoms with van der Waals surface area (Å²) >= 11 is 1.68. The summed E-state index contributed by atoms with van der Waals surface area (Å²) in [5, 5.41) is 8.47. The molecule has 1 rings (SSSR count). The van der Waals surface area contributed by atoms with Crippen molar-refractivity contribution in [3.8, 4) is 0 Å². The fraction of sp³-hybridized carbons (Fsp3) is 0.500. The third-order valence-corrected chi connectivity index (χ3v) is 2.25. The minimum Gasteiger partial charge on any atom is -0.515 e. The van der Waals surface area contributed by atoms with E-state index in [4.69, 9.17) is 5.11 Å². The Balaban J connectivity index is 2.60. The molecule has 3 heteroatoms. The summed E-state index contributed by atoms with van der Waals surface area (Å²) in [7, 11) is 0. The van der Waals surface area contributed by atoms with Crippen LogP contribution >= 0.6 is 11.8 Å². The maximum atomic E-state index is 10.8. The highest BCUT2D eigenvalue weighted by Crippen LogP contribution is 2.17. The van der Waals surface area contributed by atoms with Crippen molar-refractivity contribution < 1.29 is 9.90 Å². The van der Waals surface area contributed by atoms with E-state index in [1.165, 1.54) is 0 Å². The largest absolute Gasteiger partial charge is 0.515 e. The van der Waals surface area contributed by atoms with E-state index in [0.29, 0.717) is 17.7 Å². The van der Waals surface area contributed by atoms with Gasteiger partial charge in [0.2, 0.25) is 0 Å². The molecule has 0 radical (unpaired) electrons. The van der Waals surface area contributed by atoms with E-state index in [0.717, 1.165) is 12.0 Å². The number of Topliss-reactive ketones (excluding diaryl/α,β-unsaturated/α-hetero) is 1. The van der Waals surface area contributed by atoms with Crippen LogP contribution in [0.25, 0.3) is 0 Å². The van der Waals surface area contributed by atoms with Gasteiger partial charge in [0.1, 0.15) is 0 Å². The Hall–Kier alpha value is -0.440. The van der Waals surface area contributed by atoms with Crippen molar-refractivity contribution in [2.45, 2.75) is 6.42 Å². The van der Waals surface area contributed by atoms with E-state index < -0.39 is 0 Å². The van der Waals surface area contributed by atoms with Gasteiger partial charge in [-0.25, -0.2) is 0 Å². The van der Waals surface area contributed by atoms with Gasteiger partial charge in [0.15, 0.2) is 5.78 Å². The van der Waals surface area contributed by atoms with Crippen molar-refractivity contribution in [1.29, 1.82) is 0 Å². The summed E-state index contributed by atoms with van der Waals surface area (Å²) < 4.78 is 0. The Morgan fingerprint density at radius 1 is 1.67 bits per heavy atom. The highest BCUT2D eigenvalue weighted by atomic mass is 32.2. The zero-order valence-corrected chi connectivity index (χ0v) is 5.78. The van der Waals surface area contributed by atoms with Gasteiger partial charge in [-0.3, -0.25) is 4.79 Å². The number of hydrogen-bond acceptors (Lipinski definition) is 3. The van der Waals surface area contributed by atoms with E-state index in [9.17, 15) is 4.79 Å². The Bertz CT molecular complexity index is 151. The number of ketones is 1. The van der Waals surface area contributed by atoms with Crippen LogP contribution in [0.3, 0.4) is 0 Å². The molecule has 9 heavy (non-hydrogen) atoms. The SMILES string of the molecule is O=C1CCSC/C1=C\O. The van der Waals surface area contributed by atoms with Crippen molar-refractivity contribution in [2.75, 3.05) is 11.5 Å². The third-order valence-electron chi connectivity index (χ3n) is 1.25. The van der Waals surface area contributed by atoms with E-state index in [1.54, 1.807) is 11.8 Å². The molecule has 0 saturated carbocycles. The first-order chi connectivity index (χ1) is 4.34. The average Bonchev–Trinajstić information content (AvgIpc) is 1.89. The highest BCUT2D eigenvalue weighted by Gasteiger charge is 2.14. The molecule has 50 valence electrons. The Morgan fingerprint density at radius 3 is 2.89 bits per heavy atom. The van der Waals surface area contributed by atoms with Gasteiger partial charge in [0, 0.05) is 23.5 Å². The number of carbonyl (C=O) groups excluding carboxylic acids is 1. The van der Waals surface area contributed by atoms with Gasteiger partial charge in [0.25, 0.3) is 0 Å². The fourth-order valence-corrected chi connectivity index (χ4v) is 1.63. The monoisotopic (exact) mass is 144 g/mol. The zero-order valence-electron chi connectivity index (χ0n) is 4.96. The van der Waals surface area contributed by atoms with Crippen molar-refractivity contribution in [1.82, 2.24) is 0 Å². The van der Waals surface area contributed by atoms with Crippen LogP contribution in [0, 0.1) is 0 Å². The van der Waals surface area contributed by atoms with Gasteiger partial charge in [0.05, 0.1) is 6.26 Å². The number of aliphatic hydroxyl groups is 1. The first kappa shape index (κ1) is 6.68. The van der Waals surface area contributed by atoms with Crippen molar-refractivity contribution >= 4 is 17.5 Å². The Kier molecular flexibility index (Phi) is 2.16. The number of hydrogen-bond donors (Lipinski definition) is 1. The van der Waals surface area contributed by atoms with Crippen molar-refractivity contribution in [2.24, 2.45) is 0 Å². The summed E-state index contributed by atoms with van der Waals surface area (Å²) in [5.74, 6) is 1.67. The number of carbonyl (C=O) groups is 1. The molecule has 0 aliphatic carbocycles. The zero-order chi connectivity index (χ0) is 6.69. The maximum Gasteiger partial charge on any atom is 0.163 e. The normalized spacial score (nSPS) is 24.9. The molecule has 1 saturated heterocycles. The topological polar surface area (TPSA) is 37.3 Å². The second-order valence-electron chi connectivity index (χ2n) is 1.88. The number of rotatable bonds is 0. The van der Waals surface area contributed by atoms with Crippen LogP contribution in [-0.4, -0.2) is 22.4 Å². The maximum absolute atomic E-state index is 10.8. The standard InChI is InChI=1S/C6H8O2S/c7-3-5-4-9-2-1-6(5)8/h3,7H,1-2,4H2/b5-3+. The van der Waals surface area contributed by atoms with Crippen LogP contribution < -0.4 is 0 Å². The predicted molar refractivity (Wildman–Crippen MR) is 37.7 cm³/mol. The van der Waals surface area contributed by atoms with Gasteiger partial charge in [-0.15, -0.1) is 0 Å². The van der Waals surface area contributed by atoms with Gasteiger partial charge in [-0.2, -0.15) is 11.8 Å². The van der Waals surface area contributed by atoms with Gasteiger partial charge >= 0.3 is 0 Å². The van der Waals surface area contributed by atoms with Gasteiger partial charge < -0.3 is 5.11 Å². The molecule has 1 aliphatic heterocycles. The molecule has 1 fully saturated rings. The molecule has 0 aromatic rings. The lowest BCUT2D eigenvalue weighted by Gasteiger charge is -2.09. The fourth-order valence-electron chi connectivity index (χ4n) is 0.697. The van der Waals surface area contributed by atoms with Crippen LogP contribution in [0.5, 0.6) is 0 Å². The smallest absolute Gasteiger partial charge is 0.163 e. The molecule has 1 aliphatic rings. The molecular weight excluding hydrogens is 136 g/mol. The summed E-state index contributed by atoms with van der Waals surface area (Å²) in [4.78, 5) is 10.8. The van der Waals surface area contributed by atoms with Crippen molar-refractivity contribution in [3.63, 3.8) is 0 Å². The van der Waals surface area contributed by atoms with Crippen LogP contribution in [0.1, 0.15) is 6.42 Å². The van der Waals surface area contributed by atoms with E-state index in [2.05, 4.69) is 0 Å². The minimum atomic E-state index is 0.0938. The predicted octanol–water partition coefficient (Wildman–Crippen LogP) is 1.13. The van der Waals surface area contributed by atoms with Gasteiger partial charge in [-0.1, -0.05) is 0 Å². The molecule has 1 N–H and O–H groups in total. The second-order valence-corrected chi connectivity index (χ2v) is 2.99. The summed E-state index contributed by atoms with van der Waals surface area (Å²) in [5.41, 5.74) is 0.561. The first-order valence-corrected chi connectivity index (χ1v) is 3.94. The third kappa shape index (κ3) is 1.48. The highest BCUT2D eigenvalue weighted by molar-refractivity contribution is 7.99. The quantitative estimate of drug-likeness (QED) is 0.409. The van der Waals surface area contributed by atoms with Crippen LogP contribution in [0.2, 0.25) is 0 Å². The summed E-state index contributed by atoms with van der Waals surface area (Å²) in [6, 6.07) is 0. The van der Waals surface area contributed by atoms with Crippen LogP contribution in [0.4, 0.5) is 0 Å². The number of thioether (sulfide) groups is 1. The molecule has 0 atom stereocenters. The molecule has 0 amide bonds.